The second kappa shape index (κ2) is 3.63. The summed E-state index contributed by atoms with van der Waals surface area (Å²) in [6.07, 6.45) is 5.94. The van der Waals surface area contributed by atoms with Gasteiger partial charge in [0.15, 0.2) is 0 Å². The van der Waals surface area contributed by atoms with Gasteiger partial charge in [0.2, 0.25) is 0 Å². The predicted molar refractivity (Wildman–Crippen MR) is 63.2 cm³/mol. The van der Waals surface area contributed by atoms with Crippen LogP contribution in [0.2, 0.25) is 0 Å². The van der Waals surface area contributed by atoms with Crippen molar-refractivity contribution in [1.82, 2.24) is 14.8 Å². The van der Waals surface area contributed by atoms with Crippen molar-refractivity contribution in [2.45, 2.75) is 12.8 Å². The van der Waals surface area contributed by atoms with Crippen molar-refractivity contribution in [2.24, 2.45) is 7.05 Å². The van der Waals surface area contributed by atoms with Crippen LogP contribution in [0, 0.1) is 0 Å². The zero-order valence-electron chi connectivity index (χ0n) is 9.27. The van der Waals surface area contributed by atoms with Gasteiger partial charge in [0.05, 0.1) is 11.4 Å². The largest absolute Gasteiger partial charge is 0.385 e. The summed E-state index contributed by atoms with van der Waals surface area (Å²) in [5, 5.41) is 7.61. The summed E-state index contributed by atoms with van der Waals surface area (Å²) in [5.41, 5.74) is 4.68. The predicted octanol–water partition coefficient (Wildman–Crippen LogP) is 1.84. The molecular formula is C12H14N4. The molecule has 4 nitrogen and oxygen atoms in total. The van der Waals surface area contributed by atoms with E-state index in [0.717, 1.165) is 24.4 Å². The normalized spacial score (nSPS) is 14.3. The van der Waals surface area contributed by atoms with Crippen molar-refractivity contribution in [3.63, 3.8) is 0 Å². The SMILES string of the molecule is Cn1nccc1-c1nccc2c1CCCN2. The standard InChI is InChI=1S/C12H14N4/c1-16-11(5-8-15-16)12-9-3-2-6-13-10(9)4-7-14-12/h4-5,7-8,13H,2-3,6H2,1H3. The Morgan fingerprint density at radius 2 is 2.25 bits per heavy atom. The fourth-order valence-corrected chi connectivity index (χ4v) is 2.23. The van der Waals surface area contributed by atoms with Crippen LogP contribution in [0.1, 0.15) is 12.0 Å². The summed E-state index contributed by atoms with van der Waals surface area (Å²) < 4.78 is 1.87. The van der Waals surface area contributed by atoms with Gasteiger partial charge in [0.25, 0.3) is 0 Å². The average Bonchev–Trinajstić information content (AvgIpc) is 2.75. The third-order valence-corrected chi connectivity index (χ3v) is 3.04. The van der Waals surface area contributed by atoms with Gasteiger partial charge in [-0.25, -0.2) is 0 Å². The Balaban J connectivity index is 2.18. The molecule has 3 rings (SSSR count). The van der Waals surface area contributed by atoms with E-state index in [4.69, 9.17) is 0 Å². The molecule has 1 aliphatic rings. The Morgan fingerprint density at radius 3 is 3.06 bits per heavy atom. The lowest BCUT2D eigenvalue weighted by Gasteiger charge is -2.20. The van der Waals surface area contributed by atoms with Crippen molar-refractivity contribution < 1.29 is 0 Å². The van der Waals surface area contributed by atoms with Crippen LogP contribution in [0.25, 0.3) is 11.4 Å². The summed E-state index contributed by atoms with van der Waals surface area (Å²) in [7, 11) is 1.95. The van der Waals surface area contributed by atoms with E-state index in [9.17, 15) is 0 Å². The van der Waals surface area contributed by atoms with Crippen LogP contribution in [-0.2, 0) is 13.5 Å². The second-order valence-corrected chi connectivity index (χ2v) is 4.06. The Hall–Kier alpha value is -1.84. The molecule has 0 fully saturated rings. The van der Waals surface area contributed by atoms with E-state index in [1.54, 1.807) is 0 Å². The third kappa shape index (κ3) is 1.38. The molecule has 0 aromatic carbocycles. The van der Waals surface area contributed by atoms with E-state index in [1.807, 2.05) is 36.3 Å². The lowest BCUT2D eigenvalue weighted by molar-refractivity contribution is 0.767. The van der Waals surface area contributed by atoms with Crippen LogP contribution >= 0.6 is 0 Å². The van der Waals surface area contributed by atoms with Gasteiger partial charge in [-0.2, -0.15) is 5.10 Å². The maximum absolute atomic E-state index is 4.49. The summed E-state index contributed by atoms with van der Waals surface area (Å²) in [4.78, 5) is 4.49. The molecule has 82 valence electrons. The first-order valence-corrected chi connectivity index (χ1v) is 5.56. The number of aryl methyl sites for hydroxylation is 1. The molecule has 0 atom stereocenters. The zero-order chi connectivity index (χ0) is 11.0. The number of nitrogens with zero attached hydrogens (tertiary/aromatic N) is 3. The molecule has 0 unspecified atom stereocenters. The van der Waals surface area contributed by atoms with E-state index in [-0.39, 0.29) is 0 Å². The van der Waals surface area contributed by atoms with Crippen LogP contribution < -0.4 is 5.32 Å². The Morgan fingerprint density at radius 1 is 1.31 bits per heavy atom. The van der Waals surface area contributed by atoms with E-state index in [2.05, 4.69) is 15.4 Å². The maximum atomic E-state index is 4.49. The van der Waals surface area contributed by atoms with Gasteiger partial charge < -0.3 is 5.32 Å². The van der Waals surface area contributed by atoms with Crippen molar-refractivity contribution in [3.05, 3.63) is 30.1 Å². The summed E-state index contributed by atoms with van der Waals surface area (Å²) in [5.74, 6) is 0. The summed E-state index contributed by atoms with van der Waals surface area (Å²) in [6.45, 7) is 1.06. The fourth-order valence-electron chi connectivity index (χ4n) is 2.23. The highest BCUT2D eigenvalue weighted by Gasteiger charge is 2.16. The average molecular weight is 214 g/mol. The molecule has 0 saturated carbocycles. The van der Waals surface area contributed by atoms with Crippen LogP contribution in [0.15, 0.2) is 24.5 Å². The fraction of sp³-hybridized carbons (Fsp3) is 0.333. The zero-order valence-corrected chi connectivity index (χ0v) is 9.27. The number of nitrogens with one attached hydrogen (secondary N) is 1. The second-order valence-electron chi connectivity index (χ2n) is 4.06. The van der Waals surface area contributed by atoms with Crippen molar-refractivity contribution in [3.8, 4) is 11.4 Å². The molecule has 0 saturated heterocycles. The Kier molecular flexibility index (Phi) is 2.13. The highest BCUT2D eigenvalue weighted by Crippen LogP contribution is 2.29. The van der Waals surface area contributed by atoms with Crippen molar-refractivity contribution >= 4 is 5.69 Å². The lowest BCUT2D eigenvalue weighted by atomic mass is 10.0. The van der Waals surface area contributed by atoms with Gasteiger partial charge in [0.1, 0.15) is 0 Å². The smallest absolute Gasteiger partial charge is 0.0935 e. The number of rotatable bonds is 1. The monoisotopic (exact) mass is 214 g/mol. The minimum Gasteiger partial charge on any atom is -0.385 e. The summed E-state index contributed by atoms with van der Waals surface area (Å²) in [6, 6.07) is 4.06. The molecule has 4 heteroatoms. The van der Waals surface area contributed by atoms with Gasteiger partial charge in [-0.1, -0.05) is 0 Å². The van der Waals surface area contributed by atoms with Crippen LogP contribution in [0.5, 0.6) is 0 Å². The number of pyridine rings is 1. The van der Waals surface area contributed by atoms with E-state index in [1.165, 1.54) is 17.7 Å². The molecule has 0 amide bonds. The number of aromatic nitrogens is 3. The minimum atomic E-state index is 1.06. The molecule has 1 N–H and O–H groups in total. The third-order valence-electron chi connectivity index (χ3n) is 3.04. The number of anilines is 1. The molecule has 0 bridgehead atoms. The topological polar surface area (TPSA) is 42.7 Å². The quantitative estimate of drug-likeness (QED) is 0.787. The first kappa shape index (κ1) is 9.39. The highest BCUT2D eigenvalue weighted by atomic mass is 15.3. The number of hydrogen-bond acceptors (Lipinski definition) is 3. The molecular weight excluding hydrogens is 200 g/mol. The van der Waals surface area contributed by atoms with Crippen molar-refractivity contribution in [1.29, 1.82) is 0 Å². The van der Waals surface area contributed by atoms with Gasteiger partial charge in [0, 0.05) is 37.2 Å². The van der Waals surface area contributed by atoms with E-state index < -0.39 is 0 Å². The van der Waals surface area contributed by atoms with E-state index in [0.29, 0.717) is 0 Å². The van der Waals surface area contributed by atoms with Crippen LogP contribution in [-0.4, -0.2) is 21.3 Å². The Bertz CT molecular complexity index is 515. The number of hydrogen-bond donors (Lipinski definition) is 1. The maximum Gasteiger partial charge on any atom is 0.0935 e. The van der Waals surface area contributed by atoms with Gasteiger partial charge >= 0.3 is 0 Å². The molecule has 2 aromatic heterocycles. The molecule has 0 aliphatic carbocycles. The lowest BCUT2D eigenvalue weighted by Crippen LogP contribution is -2.13. The molecule has 3 heterocycles. The molecule has 0 radical (unpaired) electrons. The van der Waals surface area contributed by atoms with Crippen LogP contribution in [0.4, 0.5) is 5.69 Å². The van der Waals surface area contributed by atoms with Gasteiger partial charge in [-0.05, 0) is 25.0 Å². The highest BCUT2D eigenvalue weighted by molar-refractivity contribution is 5.68. The molecule has 2 aromatic rings. The summed E-state index contributed by atoms with van der Waals surface area (Å²) >= 11 is 0. The molecule has 0 spiro atoms. The molecule has 1 aliphatic heterocycles. The minimum absolute atomic E-state index is 1.06. The Labute approximate surface area is 94.3 Å². The van der Waals surface area contributed by atoms with Gasteiger partial charge in [-0.15, -0.1) is 0 Å². The van der Waals surface area contributed by atoms with E-state index >= 15 is 0 Å². The van der Waals surface area contributed by atoms with Gasteiger partial charge in [-0.3, -0.25) is 9.67 Å². The first-order valence-electron chi connectivity index (χ1n) is 5.56. The number of fused-ring (bicyclic) bond motifs is 1. The first-order chi connectivity index (χ1) is 7.86. The van der Waals surface area contributed by atoms with Crippen LogP contribution in [0.3, 0.4) is 0 Å². The molecule has 16 heavy (non-hydrogen) atoms. The van der Waals surface area contributed by atoms with Crippen molar-refractivity contribution in [2.75, 3.05) is 11.9 Å².